The Labute approximate surface area is 159 Å². The molecule has 6 nitrogen and oxygen atoms in total. The van der Waals surface area contributed by atoms with Crippen LogP contribution < -0.4 is 20.7 Å². The van der Waals surface area contributed by atoms with Gasteiger partial charge >= 0.3 is 6.18 Å². The SMILES string of the molecule is O=C(NC1=NCCCN1)c1ccc(Nc2cccc(OCC(F)(F)F)c2)cc1. The van der Waals surface area contributed by atoms with Crippen molar-refractivity contribution in [3.8, 4) is 5.75 Å². The molecule has 0 unspecified atom stereocenters. The molecule has 3 N–H and O–H groups in total. The van der Waals surface area contributed by atoms with Crippen molar-refractivity contribution < 1.29 is 22.7 Å². The van der Waals surface area contributed by atoms with Crippen molar-refractivity contribution in [1.82, 2.24) is 10.6 Å². The van der Waals surface area contributed by atoms with Crippen LogP contribution in [-0.2, 0) is 0 Å². The first-order valence-electron chi connectivity index (χ1n) is 8.65. The molecule has 1 heterocycles. The van der Waals surface area contributed by atoms with Crippen LogP contribution in [0.4, 0.5) is 24.5 Å². The number of alkyl halides is 3. The Kier molecular flexibility index (Phi) is 6.03. The summed E-state index contributed by atoms with van der Waals surface area (Å²) >= 11 is 0. The number of halogens is 3. The topological polar surface area (TPSA) is 74.8 Å². The van der Waals surface area contributed by atoms with E-state index < -0.39 is 12.8 Å². The average molecular weight is 392 g/mol. The van der Waals surface area contributed by atoms with E-state index in [2.05, 4.69) is 20.9 Å². The lowest BCUT2D eigenvalue weighted by Gasteiger charge is -2.15. The molecule has 0 bridgehead atoms. The van der Waals surface area contributed by atoms with Gasteiger partial charge in [-0.05, 0) is 42.8 Å². The number of rotatable bonds is 5. The fourth-order valence-electron chi connectivity index (χ4n) is 2.50. The molecule has 0 saturated heterocycles. The molecule has 3 rings (SSSR count). The molecule has 2 aromatic carbocycles. The van der Waals surface area contributed by atoms with Crippen LogP contribution in [0, 0.1) is 0 Å². The van der Waals surface area contributed by atoms with E-state index in [1.165, 1.54) is 12.1 Å². The summed E-state index contributed by atoms with van der Waals surface area (Å²) in [5, 5.41) is 8.78. The van der Waals surface area contributed by atoms with Crippen molar-refractivity contribution in [1.29, 1.82) is 0 Å². The second kappa shape index (κ2) is 8.64. The van der Waals surface area contributed by atoms with Gasteiger partial charge in [0.15, 0.2) is 12.6 Å². The Bertz CT molecular complexity index is 851. The molecule has 0 aliphatic carbocycles. The number of hydrogen-bond donors (Lipinski definition) is 3. The number of carbonyl (C=O) groups excluding carboxylic acids is 1. The van der Waals surface area contributed by atoms with E-state index in [1.807, 2.05) is 0 Å². The molecule has 148 valence electrons. The number of aliphatic imine (C=N–C) groups is 1. The molecule has 9 heteroatoms. The standard InChI is InChI=1S/C19H19F3N4O2/c20-19(21,22)12-28-16-4-1-3-15(11-16)25-14-7-5-13(6-8-14)17(27)26-18-23-9-2-10-24-18/h1,3-8,11,25H,2,9-10,12H2,(H2,23,24,26,27). The first kappa shape index (κ1) is 19.5. The number of ether oxygens (including phenoxy) is 1. The van der Waals surface area contributed by atoms with Gasteiger partial charge < -0.3 is 15.4 Å². The summed E-state index contributed by atoms with van der Waals surface area (Å²) in [6, 6.07) is 12.9. The molecular formula is C19H19F3N4O2. The Morgan fingerprint density at radius 3 is 2.61 bits per heavy atom. The van der Waals surface area contributed by atoms with Crippen molar-refractivity contribution in [2.75, 3.05) is 25.0 Å². The van der Waals surface area contributed by atoms with E-state index in [0.717, 1.165) is 13.0 Å². The lowest BCUT2D eigenvalue weighted by Crippen LogP contribution is -2.43. The predicted octanol–water partition coefficient (Wildman–Crippen LogP) is 3.45. The molecular weight excluding hydrogens is 373 g/mol. The van der Waals surface area contributed by atoms with Crippen molar-refractivity contribution in [3.63, 3.8) is 0 Å². The van der Waals surface area contributed by atoms with Gasteiger partial charge in [0.2, 0.25) is 0 Å². The van der Waals surface area contributed by atoms with Gasteiger partial charge in [-0.2, -0.15) is 13.2 Å². The van der Waals surface area contributed by atoms with Gasteiger partial charge in [-0.3, -0.25) is 15.1 Å². The largest absolute Gasteiger partial charge is 0.484 e. The lowest BCUT2D eigenvalue weighted by atomic mass is 10.2. The number of amides is 1. The molecule has 0 fully saturated rings. The molecule has 0 radical (unpaired) electrons. The quantitative estimate of drug-likeness (QED) is 0.729. The first-order chi connectivity index (χ1) is 13.4. The molecule has 1 aliphatic rings. The van der Waals surface area contributed by atoms with Crippen LogP contribution in [0.5, 0.6) is 5.75 Å². The van der Waals surface area contributed by atoms with Crippen molar-refractivity contribution in [2.45, 2.75) is 12.6 Å². The zero-order valence-electron chi connectivity index (χ0n) is 14.8. The van der Waals surface area contributed by atoms with E-state index in [1.54, 1.807) is 36.4 Å². The van der Waals surface area contributed by atoms with Gasteiger partial charge in [-0.15, -0.1) is 0 Å². The van der Waals surface area contributed by atoms with Gasteiger partial charge in [0.05, 0.1) is 0 Å². The van der Waals surface area contributed by atoms with Crippen molar-refractivity contribution in [2.24, 2.45) is 4.99 Å². The highest BCUT2D eigenvalue weighted by atomic mass is 19.4. The number of nitrogens with zero attached hydrogens (tertiary/aromatic N) is 1. The Morgan fingerprint density at radius 1 is 1.14 bits per heavy atom. The highest BCUT2D eigenvalue weighted by Crippen LogP contribution is 2.24. The van der Waals surface area contributed by atoms with Gasteiger partial charge in [-0.1, -0.05) is 6.07 Å². The molecule has 0 spiro atoms. The summed E-state index contributed by atoms with van der Waals surface area (Å²) in [5.74, 6) is 0.301. The maximum atomic E-state index is 12.3. The van der Waals surface area contributed by atoms with E-state index in [0.29, 0.717) is 29.4 Å². The van der Waals surface area contributed by atoms with Crippen molar-refractivity contribution >= 4 is 23.2 Å². The molecule has 0 saturated carbocycles. The van der Waals surface area contributed by atoms with Gasteiger partial charge in [0, 0.05) is 36.1 Å². The van der Waals surface area contributed by atoms with E-state index in [-0.39, 0.29) is 11.7 Å². The van der Waals surface area contributed by atoms with Crippen LogP contribution in [-0.4, -0.2) is 37.7 Å². The highest BCUT2D eigenvalue weighted by Gasteiger charge is 2.28. The fourth-order valence-corrected chi connectivity index (χ4v) is 2.50. The summed E-state index contributed by atoms with van der Waals surface area (Å²) in [6.45, 7) is 0.103. The van der Waals surface area contributed by atoms with Gasteiger partial charge in [0.1, 0.15) is 5.75 Å². The number of hydrogen-bond acceptors (Lipinski definition) is 5. The number of nitrogens with one attached hydrogen (secondary N) is 3. The van der Waals surface area contributed by atoms with Crippen LogP contribution >= 0.6 is 0 Å². The minimum Gasteiger partial charge on any atom is -0.484 e. The highest BCUT2D eigenvalue weighted by molar-refractivity contribution is 6.05. The summed E-state index contributed by atoms with van der Waals surface area (Å²) < 4.78 is 41.5. The zero-order valence-corrected chi connectivity index (χ0v) is 14.8. The number of benzene rings is 2. The monoisotopic (exact) mass is 392 g/mol. The molecule has 28 heavy (non-hydrogen) atoms. The molecule has 0 aromatic heterocycles. The third kappa shape index (κ3) is 5.90. The zero-order chi connectivity index (χ0) is 20.0. The first-order valence-corrected chi connectivity index (χ1v) is 8.65. The van der Waals surface area contributed by atoms with E-state index in [9.17, 15) is 18.0 Å². The number of guanidine groups is 1. The minimum absolute atomic E-state index is 0.110. The van der Waals surface area contributed by atoms with Crippen LogP contribution in [0.1, 0.15) is 16.8 Å². The third-order valence-corrected chi connectivity index (χ3v) is 3.80. The molecule has 1 amide bonds. The Morgan fingerprint density at radius 2 is 1.93 bits per heavy atom. The number of carbonyl (C=O) groups is 1. The maximum Gasteiger partial charge on any atom is 0.422 e. The molecule has 1 aliphatic heterocycles. The van der Waals surface area contributed by atoms with Crippen LogP contribution in [0.2, 0.25) is 0 Å². The second-order valence-electron chi connectivity index (χ2n) is 6.10. The normalized spacial score (nSPS) is 13.9. The minimum atomic E-state index is -4.39. The van der Waals surface area contributed by atoms with Crippen LogP contribution in [0.15, 0.2) is 53.5 Å². The summed E-state index contributed by atoms with van der Waals surface area (Å²) in [7, 11) is 0. The summed E-state index contributed by atoms with van der Waals surface area (Å²) in [6.07, 6.45) is -3.46. The third-order valence-electron chi connectivity index (χ3n) is 3.80. The average Bonchev–Trinajstić information content (AvgIpc) is 2.67. The fraction of sp³-hybridized carbons (Fsp3) is 0.263. The Hall–Kier alpha value is -3.23. The van der Waals surface area contributed by atoms with Crippen molar-refractivity contribution in [3.05, 3.63) is 54.1 Å². The summed E-state index contributed by atoms with van der Waals surface area (Å²) in [5.41, 5.74) is 1.71. The molecule has 2 aromatic rings. The van der Waals surface area contributed by atoms with Crippen LogP contribution in [0.25, 0.3) is 0 Å². The smallest absolute Gasteiger partial charge is 0.422 e. The number of anilines is 2. The van der Waals surface area contributed by atoms with Gasteiger partial charge in [-0.25, -0.2) is 0 Å². The van der Waals surface area contributed by atoms with E-state index in [4.69, 9.17) is 4.74 Å². The molecule has 0 atom stereocenters. The van der Waals surface area contributed by atoms with E-state index >= 15 is 0 Å². The lowest BCUT2D eigenvalue weighted by molar-refractivity contribution is -0.153. The maximum absolute atomic E-state index is 12.3. The van der Waals surface area contributed by atoms with Crippen LogP contribution in [0.3, 0.4) is 0 Å². The van der Waals surface area contributed by atoms with Gasteiger partial charge in [0.25, 0.3) is 5.91 Å². The second-order valence-corrected chi connectivity index (χ2v) is 6.10. The Balaban J connectivity index is 1.59. The predicted molar refractivity (Wildman–Crippen MR) is 100 cm³/mol. The summed E-state index contributed by atoms with van der Waals surface area (Å²) in [4.78, 5) is 16.4.